The van der Waals surface area contributed by atoms with Crippen molar-refractivity contribution in [2.75, 3.05) is 20.8 Å². The first-order chi connectivity index (χ1) is 33.8. The molecule has 20 atom stereocenters. The first-order valence-corrected chi connectivity index (χ1v) is 29.8. The van der Waals surface area contributed by atoms with Gasteiger partial charge >= 0.3 is 5.97 Å². The van der Waals surface area contributed by atoms with Crippen LogP contribution in [0.5, 0.6) is 0 Å². The number of carbonyl (C=O) groups is 1. The lowest BCUT2D eigenvalue weighted by atomic mass is 9.71. The van der Waals surface area contributed by atoms with Gasteiger partial charge in [0, 0.05) is 51.7 Å². The summed E-state index contributed by atoms with van der Waals surface area (Å²) in [7, 11) is 0.971. The second-order valence-corrected chi connectivity index (χ2v) is 28.6. The van der Waals surface area contributed by atoms with Crippen LogP contribution in [-0.2, 0) is 56.6 Å². The Morgan fingerprint density at radius 2 is 1.68 bits per heavy atom. The van der Waals surface area contributed by atoms with Crippen LogP contribution in [0.25, 0.3) is 0 Å². The molecule has 0 aromatic rings. The molecule has 0 aromatic carbocycles. The normalized spacial score (nSPS) is 45.5. The summed E-state index contributed by atoms with van der Waals surface area (Å²) in [4.78, 5) is 14.9. The molecule has 6 aliphatic heterocycles. The maximum Gasteiger partial charge on any atom is 0.316 e. The van der Waals surface area contributed by atoms with Crippen molar-refractivity contribution in [3.8, 4) is 0 Å². The van der Waals surface area contributed by atoms with E-state index in [4.69, 9.17) is 57.5 Å². The molecule has 6 heterocycles. The number of carbonyl (C=O) groups excluding carboxylic acids is 1. The van der Waals surface area contributed by atoms with Crippen LogP contribution in [0.3, 0.4) is 0 Å². The molecular weight excluding hydrogens is 935 g/mol. The third kappa shape index (κ3) is 11.6. The molecule has 1 spiro atoms. The number of allylic oxidation sites excluding steroid dienone is 2. The maximum atomic E-state index is 14.9. The Morgan fingerprint density at radius 3 is 2.35 bits per heavy atom. The fourth-order valence-electron chi connectivity index (χ4n) is 11.9. The Balaban J connectivity index is 1.21. The zero-order valence-corrected chi connectivity index (χ0v) is 47.2. The second kappa shape index (κ2) is 22.7. The predicted molar refractivity (Wildman–Crippen MR) is 279 cm³/mol. The molecule has 15 heteroatoms. The summed E-state index contributed by atoms with van der Waals surface area (Å²) in [5, 5.41) is 13.1. The number of fused-ring (bicyclic) bond motifs is 2. The first kappa shape index (κ1) is 57.4. The monoisotopic (exact) mass is 1030 g/mol. The molecule has 0 radical (unpaired) electrons. The predicted octanol–water partition coefficient (Wildman–Crippen LogP) is 9.32. The van der Waals surface area contributed by atoms with Crippen molar-refractivity contribution in [2.24, 2.45) is 29.4 Å². The van der Waals surface area contributed by atoms with Gasteiger partial charge in [-0.3, -0.25) is 4.79 Å². The van der Waals surface area contributed by atoms with Crippen LogP contribution in [0.2, 0.25) is 18.1 Å². The highest BCUT2D eigenvalue weighted by molar-refractivity contribution is 6.74. The molecule has 2 bridgehead atoms. The molecule has 72 heavy (non-hydrogen) atoms. The van der Waals surface area contributed by atoms with E-state index in [1.165, 1.54) is 0 Å². The smallest absolute Gasteiger partial charge is 0.316 e. The van der Waals surface area contributed by atoms with Crippen LogP contribution in [0.1, 0.15) is 121 Å². The zero-order chi connectivity index (χ0) is 52.7. The van der Waals surface area contributed by atoms with Crippen LogP contribution >= 0.6 is 0 Å². The molecule has 4 fully saturated rings. The fraction of sp³-hybridized carbons (Fsp3) is 0.772. The summed E-state index contributed by atoms with van der Waals surface area (Å²) in [6, 6.07) is 0. The number of hydrogen-bond acceptors (Lipinski definition) is 14. The van der Waals surface area contributed by atoms with E-state index in [2.05, 4.69) is 93.3 Å². The standard InChI is InChI=1S/C57H91NO13Si/c1-17-25-56(58)39(9)65-47(30-45(56)62-14)68-51-38(8)64-46(29-44(51)61-13)67-48-34(4)20-19-21-40-32-63-52-50(71-72(15,16)54(10,11)12)37(7)27-43(57(40,52)60)53(59)66-42-28-41(23-22-35(48)5)69-55(31-42)26-24-36(6)49(70-55)33(3)18-2/h17,19-22,24,26-27,33-34,36,38-39,41-52,60H,1,18,23,25,28-32,58H2,2-16H3/b20-19+,35-22+,40-21+/t33?,34-,36-,38-,39-,41+,42-,43-,44-,45-,46-,47-,48-,49+,50+,51-,52+,55+,56+,57+/m0/s1. The van der Waals surface area contributed by atoms with Gasteiger partial charge in [0.1, 0.15) is 29.8 Å². The Bertz CT molecular complexity index is 2070. The van der Waals surface area contributed by atoms with Gasteiger partial charge in [-0.25, -0.2) is 0 Å². The second-order valence-electron chi connectivity index (χ2n) is 23.8. The van der Waals surface area contributed by atoms with Gasteiger partial charge in [0.05, 0.1) is 61.0 Å². The Morgan fingerprint density at radius 1 is 0.958 bits per heavy atom. The SMILES string of the molecule is C=CC[C@@]1(N)[C@H](C)O[C@@H](O[C@H]2[C@H](C)O[C@@H](O[C@@H]3/C(C)=C/C[C@@H]4C[C@@H](C[C@]5(C=C[C@H](C)[C@@H](C(C)CC)O5)O4)OC(=O)[C@@H]4C=C(C)[C@@H](O[Si](C)(C)C(C)(C)C)[C@H]5OC/C(=C\C=C\[C@@H]3C)[C@]54O)C[C@@H]2OC)C[C@@H]1OC. The van der Waals surface area contributed by atoms with Crippen molar-refractivity contribution >= 4 is 14.3 Å². The highest BCUT2D eigenvalue weighted by Gasteiger charge is 2.62. The molecule has 406 valence electrons. The summed E-state index contributed by atoms with van der Waals surface area (Å²) in [5.41, 5.74) is 6.75. The van der Waals surface area contributed by atoms with Crippen LogP contribution < -0.4 is 5.73 Å². The van der Waals surface area contributed by atoms with Gasteiger partial charge in [-0.1, -0.05) is 97.4 Å². The lowest BCUT2D eigenvalue weighted by Crippen LogP contribution is -2.65. The number of methoxy groups -OCH3 is 2. The third-order valence-electron chi connectivity index (χ3n) is 17.6. The number of rotatable bonds is 12. The third-order valence-corrected chi connectivity index (χ3v) is 22.1. The van der Waals surface area contributed by atoms with Crippen molar-refractivity contribution in [1.29, 1.82) is 0 Å². The van der Waals surface area contributed by atoms with Crippen molar-refractivity contribution in [3.63, 3.8) is 0 Å². The van der Waals surface area contributed by atoms with E-state index < -0.39 is 86.3 Å². The maximum absolute atomic E-state index is 14.9. The number of ether oxygens (including phenoxy) is 10. The van der Waals surface area contributed by atoms with E-state index >= 15 is 0 Å². The molecule has 0 aromatic heterocycles. The molecule has 14 nitrogen and oxygen atoms in total. The molecule has 7 rings (SSSR count). The minimum atomic E-state index is -2.38. The zero-order valence-electron chi connectivity index (χ0n) is 46.2. The van der Waals surface area contributed by atoms with E-state index in [-0.39, 0.29) is 59.9 Å². The Hall–Kier alpha value is -2.35. The van der Waals surface area contributed by atoms with Crippen molar-refractivity contribution in [3.05, 3.63) is 71.9 Å². The highest BCUT2D eigenvalue weighted by Crippen LogP contribution is 2.50. The van der Waals surface area contributed by atoms with Gasteiger partial charge in [-0.05, 0) is 87.4 Å². The average Bonchev–Trinajstić information content (AvgIpc) is 3.65. The van der Waals surface area contributed by atoms with Gasteiger partial charge in [0.15, 0.2) is 26.7 Å². The molecular formula is C57H91NO13Si. The van der Waals surface area contributed by atoms with Gasteiger partial charge in [0.25, 0.3) is 0 Å². The summed E-state index contributed by atoms with van der Waals surface area (Å²) < 4.78 is 73.0. The fourth-order valence-corrected chi connectivity index (χ4v) is 13.2. The van der Waals surface area contributed by atoms with Gasteiger partial charge in [-0.2, -0.15) is 0 Å². The minimum absolute atomic E-state index is 0.0881. The van der Waals surface area contributed by atoms with Gasteiger partial charge < -0.3 is 62.6 Å². The molecule has 0 amide bonds. The average molecular weight is 1030 g/mol. The molecule has 1 unspecified atom stereocenters. The van der Waals surface area contributed by atoms with Crippen LogP contribution in [0.15, 0.2) is 71.9 Å². The van der Waals surface area contributed by atoms with Gasteiger partial charge in [0.2, 0.25) is 0 Å². The van der Waals surface area contributed by atoms with E-state index in [9.17, 15) is 9.90 Å². The molecule has 4 saturated heterocycles. The molecule has 0 saturated carbocycles. The number of nitrogens with two attached hydrogens (primary N) is 1. The molecule has 7 aliphatic rings. The molecule has 3 N–H and O–H groups in total. The largest absolute Gasteiger partial charge is 0.462 e. The first-order valence-electron chi connectivity index (χ1n) is 26.9. The summed E-state index contributed by atoms with van der Waals surface area (Å²) >= 11 is 0. The van der Waals surface area contributed by atoms with Crippen molar-refractivity contribution in [2.45, 2.75) is 236 Å². The van der Waals surface area contributed by atoms with E-state index in [1.807, 2.05) is 45.1 Å². The van der Waals surface area contributed by atoms with Crippen molar-refractivity contribution < 1.29 is 61.7 Å². The summed E-state index contributed by atoms with van der Waals surface area (Å²) in [5.74, 6) is -2.40. The van der Waals surface area contributed by atoms with Crippen molar-refractivity contribution in [1.82, 2.24) is 0 Å². The summed E-state index contributed by atoms with van der Waals surface area (Å²) in [6.07, 6.45) is 13.5. The number of hydrogen-bond donors (Lipinski definition) is 2. The number of esters is 1. The Kier molecular flexibility index (Phi) is 18.1. The van der Waals surface area contributed by atoms with Crippen LogP contribution in [0, 0.1) is 23.7 Å². The minimum Gasteiger partial charge on any atom is -0.462 e. The lowest BCUT2D eigenvalue weighted by Gasteiger charge is -2.49. The van der Waals surface area contributed by atoms with E-state index in [1.54, 1.807) is 20.3 Å². The lowest BCUT2D eigenvalue weighted by molar-refractivity contribution is -0.316. The molecule has 1 aliphatic carbocycles. The highest BCUT2D eigenvalue weighted by atomic mass is 28.4. The Labute approximate surface area is 432 Å². The van der Waals surface area contributed by atoms with Crippen LogP contribution in [0.4, 0.5) is 0 Å². The quantitative estimate of drug-likeness (QED) is 0.108. The topological polar surface area (TPSA) is 165 Å². The van der Waals surface area contributed by atoms with Gasteiger partial charge in [-0.15, -0.1) is 6.58 Å². The van der Waals surface area contributed by atoms with E-state index in [0.717, 1.165) is 17.6 Å². The number of aliphatic hydroxyl groups is 1. The van der Waals surface area contributed by atoms with E-state index in [0.29, 0.717) is 44.1 Å². The summed E-state index contributed by atoms with van der Waals surface area (Å²) in [6.45, 7) is 31.6. The van der Waals surface area contributed by atoms with Crippen LogP contribution in [-0.4, -0.2) is 137 Å².